The van der Waals surface area contributed by atoms with Gasteiger partial charge in [-0.25, -0.2) is 4.39 Å². The van der Waals surface area contributed by atoms with Gasteiger partial charge < -0.3 is 0 Å². The van der Waals surface area contributed by atoms with Gasteiger partial charge in [0.05, 0.1) is 13.8 Å². The maximum absolute atomic E-state index is 15.2. The summed E-state index contributed by atoms with van der Waals surface area (Å²) in [5, 5.41) is 3.91. The van der Waals surface area contributed by atoms with E-state index in [1.54, 1.807) is 0 Å². The van der Waals surface area contributed by atoms with Crippen molar-refractivity contribution in [3.63, 3.8) is 0 Å². The van der Waals surface area contributed by atoms with E-state index in [0.717, 1.165) is 27.4 Å². The second-order valence-corrected chi connectivity index (χ2v) is 14.9. The number of rotatable bonds is 2. The summed E-state index contributed by atoms with van der Waals surface area (Å²) < 4.78 is 15.2. The molecule has 152 valence electrons. The lowest BCUT2D eigenvalue weighted by atomic mass is 9.95. The largest absolute Gasteiger partial charge is 0.256 e. The molecule has 4 aromatic rings. The summed E-state index contributed by atoms with van der Waals surface area (Å²) >= 11 is 0. The van der Waals surface area contributed by atoms with Crippen LogP contribution in [0.2, 0.25) is 19.1 Å². The zero-order valence-corrected chi connectivity index (χ0v) is 19.2. The van der Waals surface area contributed by atoms with Crippen molar-refractivity contribution in [3.8, 4) is 11.3 Å². The second kappa shape index (κ2) is 7.02. The number of aryl methyl sites for hydroxylation is 2. The van der Waals surface area contributed by atoms with E-state index in [-0.39, 0.29) is 5.82 Å². The molecule has 1 fully saturated rings. The average Bonchev–Trinajstić information content (AvgIpc) is 3.05. The van der Waals surface area contributed by atoms with Crippen LogP contribution in [-0.2, 0) is 0 Å². The number of benzene rings is 3. The number of pyridine rings is 1. The maximum atomic E-state index is 15.2. The van der Waals surface area contributed by atoms with E-state index in [9.17, 15) is 0 Å². The fourth-order valence-corrected chi connectivity index (χ4v) is 9.08. The molecular formula is C27H28FNSi. The molecule has 1 aromatic heterocycles. The standard InChI is InChI=1S/C27H28FNSi/c1-17-12-18(2)14-20(13-17)27-23-8-7-22-24(21(23)9-10-29-27)15-19(16-25(22)28)26-6-5-11-30(26,3)4/h7-10,12-16,26H,5-6,11H2,1-4H3. The Kier molecular flexibility index (Phi) is 4.55. The molecule has 1 nitrogen and oxygen atoms in total. The molecule has 0 bridgehead atoms. The van der Waals surface area contributed by atoms with Crippen LogP contribution in [-0.4, -0.2) is 13.1 Å². The number of halogens is 1. The van der Waals surface area contributed by atoms with E-state index < -0.39 is 8.07 Å². The third-order valence-corrected chi connectivity index (χ3v) is 11.2. The van der Waals surface area contributed by atoms with Crippen molar-refractivity contribution in [2.24, 2.45) is 0 Å². The summed E-state index contributed by atoms with van der Waals surface area (Å²) in [6, 6.07) is 18.0. The fourth-order valence-electron chi connectivity index (χ4n) is 5.56. The number of nitrogens with zero attached hydrogens (tertiary/aromatic N) is 1. The highest BCUT2D eigenvalue weighted by Crippen LogP contribution is 2.43. The molecule has 3 heteroatoms. The van der Waals surface area contributed by atoms with Gasteiger partial charge in [0.2, 0.25) is 0 Å². The first-order valence-corrected chi connectivity index (χ1v) is 14.2. The van der Waals surface area contributed by atoms with Gasteiger partial charge in [0.25, 0.3) is 0 Å². The van der Waals surface area contributed by atoms with Gasteiger partial charge in [0.15, 0.2) is 0 Å². The Morgan fingerprint density at radius 2 is 1.60 bits per heavy atom. The van der Waals surface area contributed by atoms with E-state index in [0.29, 0.717) is 10.9 Å². The molecule has 0 saturated carbocycles. The highest BCUT2D eigenvalue weighted by atomic mass is 28.3. The van der Waals surface area contributed by atoms with E-state index in [1.807, 2.05) is 30.5 Å². The molecule has 0 radical (unpaired) electrons. The average molecular weight is 414 g/mol. The Labute approximate surface area is 179 Å². The van der Waals surface area contributed by atoms with Crippen LogP contribution in [0.5, 0.6) is 0 Å². The molecule has 1 aliphatic rings. The molecule has 1 saturated heterocycles. The minimum absolute atomic E-state index is 0.0918. The molecule has 1 unspecified atom stereocenters. The quantitative estimate of drug-likeness (QED) is 0.240. The number of fused-ring (bicyclic) bond motifs is 3. The van der Waals surface area contributed by atoms with E-state index in [4.69, 9.17) is 4.98 Å². The van der Waals surface area contributed by atoms with Crippen molar-refractivity contribution in [2.75, 3.05) is 0 Å². The summed E-state index contributed by atoms with van der Waals surface area (Å²) in [7, 11) is -1.34. The van der Waals surface area contributed by atoms with Gasteiger partial charge in [-0.1, -0.05) is 61.0 Å². The van der Waals surface area contributed by atoms with Gasteiger partial charge in [0, 0.05) is 22.5 Å². The number of hydrogen-bond donors (Lipinski definition) is 0. The van der Waals surface area contributed by atoms with Gasteiger partial charge >= 0.3 is 0 Å². The lowest BCUT2D eigenvalue weighted by molar-refractivity contribution is 0.636. The van der Waals surface area contributed by atoms with Crippen molar-refractivity contribution >= 4 is 29.6 Å². The van der Waals surface area contributed by atoms with Gasteiger partial charge in [-0.15, -0.1) is 0 Å². The zero-order chi connectivity index (χ0) is 21.0. The molecule has 0 aliphatic carbocycles. The zero-order valence-electron chi connectivity index (χ0n) is 18.2. The van der Waals surface area contributed by atoms with Crippen LogP contribution in [0, 0.1) is 19.7 Å². The van der Waals surface area contributed by atoms with Crippen LogP contribution < -0.4 is 0 Å². The number of aromatic nitrogens is 1. The van der Waals surface area contributed by atoms with Gasteiger partial charge in [0.1, 0.15) is 5.82 Å². The molecular weight excluding hydrogens is 385 g/mol. The minimum atomic E-state index is -1.34. The van der Waals surface area contributed by atoms with Gasteiger partial charge in [-0.05, 0) is 66.4 Å². The molecule has 5 rings (SSSR count). The lowest BCUT2D eigenvalue weighted by Crippen LogP contribution is -2.29. The highest BCUT2D eigenvalue weighted by Gasteiger charge is 2.37. The molecule has 2 heterocycles. The summed E-state index contributed by atoms with van der Waals surface area (Å²) in [5.41, 5.74) is 6.30. The molecule has 30 heavy (non-hydrogen) atoms. The van der Waals surface area contributed by atoms with E-state index >= 15 is 4.39 Å². The first kappa shape index (κ1) is 19.4. The monoisotopic (exact) mass is 413 g/mol. The maximum Gasteiger partial charge on any atom is 0.131 e. The number of hydrogen-bond acceptors (Lipinski definition) is 1. The van der Waals surface area contributed by atoms with Crippen LogP contribution in [0.15, 0.2) is 54.7 Å². The molecule has 0 N–H and O–H groups in total. The Hall–Kier alpha value is -2.52. The van der Waals surface area contributed by atoms with Crippen LogP contribution >= 0.6 is 0 Å². The molecule has 0 amide bonds. The van der Waals surface area contributed by atoms with E-state index in [2.05, 4.69) is 51.2 Å². The van der Waals surface area contributed by atoms with E-state index in [1.165, 1.54) is 35.6 Å². The van der Waals surface area contributed by atoms with Crippen LogP contribution in [0.25, 0.3) is 32.8 Å². The van der Waals surface area contributed by atoms with Crippen molar-refractivity contribution in [2.45, 2.75) is 51.4 Å². The molecule has 0 spiro atoms. The first-order valence-electron chi connectivity index (χ1n) is 10.9. The highest BCUT2D eigenvalue weighted by molar-refractivity contribution is 6.79. The normalized spacial score (nSPS) is 18.4. The Bertz CT molecular complexity index is 1270. The van der Waals surface area contributed by atoms with Crippen molar-refractivity contribution in [3.05, 3.63) is 77.2 Å². The van der Waals surface area contributed by atoms with Gasteiger partial charge in [-0.2, -0.15) is 0 Å². The summed E-state index contributed by atoms with van der Waals surface area (Å²) in [4.78, 5) is 4.72. The van der Waals surface area contributed by atoms with Crippen LogP contribution in [0.3, 0.4) is 0 Å². The molecule has 1 aliphatic heterocycles. The SMILES string of the molecule is Cc1cc(C)cc(-c2nccc3c2ccc2c(F)cc(C4CCC[Si]4(C)C)cc23)c1. The smallest absolute Gasteiger partial charge is 0.131 e. The van der Waals surface area contributed by atoms with Crippen LogP contribution in [0.1, 0.15) is 35.1 Å². The third-order valence-electron chi connectivity index (χ3n) is 7.00. The predicted octanol–water partition coefficient (Wildman–Crippen LogP) is 7.94. The predicted molar refractivity (Wildman–Crippen MR) is 128 cm³/mol. The summed E-state index contributed by atoms with van der Waals surface area (Å²) in [6.07, 6.45) is 4.35. The van der Waals surface area contributed by atoms with Gasteiger partial charge in [-0.3, -0.25) is 4.98 Å². The second-order valence-electron chi connectivity index (χ2n) is 9.73. The first-order chi connectivity index (χ1) is 14.3. The molecule has 1 atom stereocenters. The minimum Gasteiger partial charge on any atom is -0.256 e. The Balaban J connectivity index is 1.77. The topological polar surface area (TPSA) is 12.9 Å². The summed E-state index contributed by atoms with van der Waals surface area (Å²) in [6.45, 7) is 9.15. The Morgan fingerprint density at radius 1 is 0.867 bits per heavy atom. The van der Waals surface area contributed by atoms with Crippen molar-refractivity contribution in [1.82, 2.24) is 4.98 Å². The van der Waals surface area contributed by atoms with Crippen molar-refractivity contribution < 1.29 is 4.39 Å². The van der Waals surface area contributed by atoms with Crippen molar-refractivity contribution in [1.29, 1.82) is 0 Å². The van der Waals surface area contributed by atoms with Crippen LogP contribution in [0.4, 0.5) is 4.39 Å². The summed E-state index contributed by atoms with van der Waals surface area (Å²) in [5.74, 6) is -0.0918. The fraction of sp³-hybridized carbons (Fsp3) is 0.296. The lowest BCUT2D eigenvalue weighted by Gasteiger charge is -2.26. The Morgan fingerprint density at radius 3 is 2.30 bits per heavy atom. The molecule has 3 aromatic carbocycles. The third kappa shape index (κ3) is 3.16.